The summed E-state index contributed by atoms with van der Waals surface area (Å²) in [6, 6.07) is 6.57. The van der Waals surface area contributed by atoms with Crippen LogP contribution in [0.25, 0.3) is 10.9 Å². The van der Waals surface area contributed by atoms with Gasteiger partial charge in [-0.05, 0) is 37.0 Å². The molecule has 4 heteroatoms. The van der Waals surface area contributed by atoms with Crippen molar-refractivity contribution in [3.8, 4) is 0 Å². The first-order chi connectivity index (χ1) is 8.83. The van der Waals surface area contributed by atoms with E-state index in [4.69, 9.17) is 10.8 Å². The number of hydrogen-bond acceptors (Lipinski definition) is 3. The first-order valence-corrected chi connectivity index (χ1v) is 6.84. The van der Waals surface area contributed by atoms with Gasteiger partial charge in [-0.25, -0.2) is 4.68 Å². The maximum absolute atomic E-state index is 5.88. The van der Waals surface area contributed by atoms with Crippen LogP contribution in [0.5, 0.6) is 0 Å². The van der Waals surface area contributed by atoms with Crippen LogP contribution < -0.4 is 11.1 Å². The number of fused-ring (bicyclic) bond motifs is 5. The minimum Gasteiger partial charge on any atom is -0.399 e. The monoisotopic (exact) mass is 242 g/mol. The third kappa shape index (κ3) is 1.35. The summed E-state index contributed by atoms with van der Waals surface area (Å²) >= 11 is 0. The van der Waals surface area contributed by atoms with Gasteiger partial charge < -0.3 is 11.1 Å². The Balaban J connectivity index is 1.89. The minimum atomic E-state index is 0.587. The number of aromatic nitrogens is 2. The van der Waals surface area contributed by atoms with E-state index >= 15 is 0 Å². The van der Waals surface area contributed by atoms with E-state index in [1.165, 1.54) is 36.9 Å². The lowest BCUT2D eigenvalue weighted by Crippen LogP contribution is -2.35. The number of anilines is 2. The van der Waals surface area contributed by atoms with E-state index in [1.807, 2.05) is 18.2 Å². The standard InChI is InChI=1S/C14H18N4/c15-10-5-6-12-11(7-10)14-16-8-9-3-1-2-4-13(9)18(14)17-12/h5-7,9,13,16H,1-4,8,15H2. The summed E-state index contributed by atoms with van der Waals surface area (Å²) in [6.07, 6.45) is 5.29. The van der Waals surface area contributed by atoms with E-state index in [9.17, 15) is 0 Å². The molecule has 2 unspecified atom stereocenters. The molecular weight excluding hydrogens is 224 g/mol. The summed E-state index contributed by atoms with van der Waals surface area (Å²) in [5.74, 6) is 1.92. The second-order valence-corrected chi connectivity index (χ2v) is 5.56. The van der Waals surface area contributed by atoms with Crippen molar-refractivity contribution in [3.05, 3.63) is 18.2 Å². The molecule has 0 amide bonds. The second kappa shape index (κ2) is 3.64. The molecule has 0 spiro atoms. The van der Waals surface area contributed by atoms with Crippen molar-refractivity contribution >= 4 is 22.4 Å². The normalized spacial score (nSPS) is 26.4. The third-order valence-electron chi connectivity index (χ3n) is 4.44. The molecule has 2 aliphatic rings. The summed E-state index contributed by atoms with van der Waals surface area (Å²) in [5, 5.41) is 9.50. The van der Waals surface area contributed by atoms with E-state index in [0.29, 0.717) is 6.04 Å². The minimum absolute atomic E-state index is 0.587. The van der Waals surface area contributed by atoms with Gasteiger partial charge in [-0.2, -0.15) is 5.10 Å². The Bertz CT molecular complexity index is 601. The lowest BCUT2D eigenvalue weighted by Gasteiger charge is -2.37. The smallest absolute Gasteiger partial charge is 0.132 e. The molecule has 1 aromatic carbocycles. The lowest BCUT2D eigenvalue weighted by molar-refractivity contribution is 0.223. The van der Waals surface area contributed by atoms with Gasteiger partial charge in [-0.3, -0.25) is 0 Å². The predicted octanol–water partition coefficient (Wildman–Crippen LogP) is 2.78. The number of nitrogens with zero attached hydrogens (tertiary/aromatic N) is 2. The molecule has 2 atom stereocenters. The van der Waals surface area contributed by atoms with Gasteiger partial charge in [-0.1, -0.05) is 12.8 Å². The van der Waals surface area contributed by atoms with Gasteiger partial charge in [0.05, 0.1) is 11.6 Å². The fourth-order valence-electron chi connectivity index (χ4n) is 3.51. The van der Waals surface area contributed by atoms with Gasteiger partial charge in [0, 0.05) is 17.6 Å². The molecule has 2 heterocycles. The topological polar surface area (TPSA) is 55.9 Å². The fraction of sp³-hybridized carbons (Fsp3) is 0.500. The van der Waals surface area contributed by atoms with Crippen LogP contribution in [0.4, 0.5) is 11.5 Å². The molecule has 1 saturated carbocycles. The number of benzene rings is 1. The molecule has 0 bridgehead atoms. The predicted molar refractivity (Wildman–Crippen MR) is 73.6 cm³/mol. The molecule has 0 radical (unpaired) electrons. The summed E-state index contributed by atoms with van der Waals surface area (Å²) in [7, 11) is 0. The van der Waals surface area contributed by atoms with Crippen LogP contribution in [0, 0.1) is 5.92 Å². The number of nitrogens with one attached hydrogen (secondary N) is 1. The molecule has 18 heavy (non-hydrogen) atoms. The van der Waals surface area contributed by atoms with Crippen LogP contribution in [0.15, 0.2) is 18.2 Å². The molecule has 1 aliphatic carbocycles. The highest BCUT2D eigenvalue weighted by Gasteiger charge is 2.33. The van der Waals surface area contributed by atoms with Gasteiger partial charge in [0.2, 0.25) is 0 Å². The Labute approximate surface area is 106 Å². The summed E-state index contributed by atoms with van der Waals surface area (Å²) < 4.78 is 2.22. The van der Waals surface area contributed by atoms with E-state index in [2.05, 4.69) is 10.00 Å². The van der Waals surface area contributed by atoms with Crippen molar-refractivity contribution in [3.63, 3.8) is 0 Å². The summed E-state index contributed by atoms with van der Waals surface area (Å²) in [4.78, 5) is 0. The fourth-order valence-corrected chi connectivity index (χ4v) is 3.51. The molecule has 94 valence electrons. The number of nitrogen functional groups attached to an aromatic ring is 1. The van der Waals surface area contributed by atoms with Gasteiger partial charge in [0.15, 0.2) is 0 Å². The quantitative estimate of drug-likeness (QED) is 0.698. The summed E-state index contributed by atoms with van der Waals surface area (Å²) in [6.45, 7) is 1.08. The van der Waals surface area contributed by atoms with Crippen molar-refractivity contribution in [2.75, 3.05) is 17.6 Å². The number of hydrogen-bond donors (Lipinski definition) is 2. The lowest BCUT2D eigenvalue weighted by atomic mass is 9.83. The van der Waals surface area contributed by atoms with Gasteiger partial charge in [0.1, 0.15) is 5.82 Å². The van der Waals surface area contributed by atoms with Crippen LogP contribution in [0.2, 0.25) is 0 Å². The number of nitrogens with two attached hydrogens (primary N) is 1. The Hall–Kier alpha value is -1.71. The van der Waals surface area contributed by atoms with Gasteiger partial charge in [-0.15, -0.1) is 0 Å². The molecule has 1 aliphatic heterocycles. The molecule has 4 nitrogen and oxygen atoms in total. The largest absolute Gasteiger partial charge is 0.399 e. The van der Waals surface area contributed by atoms with E-state index in [1.54, 1.807) is 0 Å². The van der Waals surface area contributed by atoms with Crippen LogP contribution in [-0.2, 0) is 0 Å². The molecule has 2 aromatic rings. The highest BCUT2D eigenvalue weighted by Crippen LogP contribution is 2.41. The van der Waals surface area contributed by atoms with Gasteiger partial charge >= 0.3 is 0 Å². The Morgan fingerprint density at radius 1 is 1.28 bits per heavy atom. The first-order valence-electron chi connectivity index (χ1n) is 6.84. The molecular formula is C14H18N4. The first kappa shape index (κ1) is 10.2. The maximum Gasteiger partial charge on any atom is 0.132 e. The molecule has 1 aromatic heterocycles. The van der Waals surface area contributed by atoms with E-state index < -0.39 is 0 Å². The van der Waals surface area contributed by atoms with Crippen molar-refractivity contribution < 1.29 is 0 Å². The summed E-state index contributed by atoms with van der Waals surface area (Å²) in [5.41, 5.74) is 7.75. The maximum atomic E-state index is 5.88. The molecule has 0 saturated heterocycles. The molecule has 1 fully saturated rings. The average Bonchev–Trinajstić information content (AvgIpc) is 2.77. The Morgan fingerprint density at radius 2 is 2.17 bits per heavy atom. The molecule has 3 N–H and O–H groups in total. The van der Waals surface area contributed by atoms with Crippen molar-refractivity contribution in [1.29, 1.82) is 0 Å². The second-order valence-electron chi connectivity index (χ2n) is 5.56. The van der Waals surface area contributed by atoms with E-state index in [0.717, 1.165) is 23.7 Å². The van der Waals surface area contributed by atoms with Crippen molar-refractivity contribution in [2.24, 2.45) is 5.92 Å². The molecule has 4 rings (SSSR count). The van der Waals surface area contributed by atoms with Crippen LogP contribution in [0.3, 0.4) is 0 Å². The van der Waals surface area contributed by atoms with Gasteiger partial charge in [0.25, 0.3) is 0 Å². The van der Waals surface area contributed by atoms with Crippen LogP contribution in [-0.4, -0.2) is 16.3 Å². The highest BCUT2D eigenvalue weighted by molar-refractivity contribution is 5.92. The van der Waals surface area contributed by atoms with Crippen LogP contribution >= 0.6 is 0 Å². The van der Waals surface area contributed by atoms with Crippen LogP contribution in [0.1, 0.15) is 31.7 Å². The zero-order chi connectivity index (χ0) is 12.1. The van der Waals surface area contributed by atoms with Crippen molar-refractivity contribution in [2.45, 2.75) is 31.7 Å². The van der Waals surface area contributed by atoms with Crippen molar-refractivity contribution in [1.82, 2.24) is 9.78 Å². The van der Waals surface area contributed by atoms with E-state index in [-0.39, 0.29) is 0 Å². The average molecular weight is 242 g/mol. The third-order valence-corrected chi connectivity index (χ3v) is 4.44. The Morgan fingerprint density at radius 3 is 3.11 bits per heavy atom. The SMILES string of the molecule is Nc1ccc2nn3c(c2c1)NCC1CCCCC13. The zero-order valence-corrected chi connectivity index (χ0v) is 10.4. The highest BCUT2D eigenvalue weighted by atomic mass is 15.4. The Kier molecular flexibility index (Phi) is 2.07. The number of rotatable bonds is 0. The zero-order valence-electron chi connectivity index (χ0n) is 10.4.